The minimum atomic E-state index is -0.672. The number of carbonyl (C=O) groups is 1. The molecule has 19 heavy (non-hydrogen) atoms. The maximum atomic E-state index is 12.8. The molecule has 1 atom stereocenters. The molecule has 2 rings (SSSR count). The Morgan fingerprint density at radius 1 is 1.42 bits per heavy atom. The van der Waals surface area contributed by atoms with Crippen LogP contribution in [0.15, 0.2) is 0 Å². The van der Waals surface area contributed by atoms with Gasteiger partial charge in [0.2, 0.25) is 5.91 Å². The fraction of sp³-hybridized carbons (Fsp3) is 0.846. The summed E-state index contributed by atoms with van der Waals surface area (Å²) in [7, 11) is 4.10. The Morgan fingerprint density at radius 3 is 2.53 bits per heavy atom. The van der Waals surface area contributed by atoms with Crippen molar-refractivity contribution in [2.24, 2.45) is 11.1 Å². The van der Waals surface area contributed by atoms with Crippen LogP contribution in [-0.2, 0) is 9.53 Å². The van der Waals surface area contributed by atoms with Crippen LogP contribution >= 0.6 is 12.2 Å². The van der Waals surface area contributed by atoms with E-state index in [2.05, 4.69) is 19.0 Å². The number of rotatable bonds is 3. The number of carbonyl (C=O) groups excluding carboxylic acids is 1. The van der Waals surface area contributed by atoms with Gasteiger partial charge in [-0.1, -0.05) is 12.2 Å². The van der Waals surface area contributed by atoms with Crippen LogP contribution in [0, 0.1) is 5.41 Å². The highest BCUT2D eigenvalue weighted by molar-refractivity contribution is 7.80. The zero-order valence-corrected chi connectivity index (χ0v) is 12.5. The Labute approximate surface area is 120 Å². The third-order valence-corrected chi connectivity index (χ3v) is 4.80. The number of nitrogens with two attached hydrogens (primary N) is 1. The maximum Gasteiger partial charge on any atom is 0.235 e. The number of hydrogen-bond acceptors (Lipinski definition) is 4. The summed E-state index contributed by atoms with van der Waals surface area (Å²) < 4.78 is 5.35. The average Bonchev–Trinajstić information content (AvgIpc) is 2.88. The standard InChI is InChI=1S/C13H23N3O2S/c1-15(2)10-3-6-16(9-10)12(17)13(11(14)19)4-7-18-8-5-13/h10H,3-9H2,1-2H3,(H2,14,19). The summed E-state index contributed by atoms with van der Waals surface area (Å²) in [5, 5.41) is 0. The van der Waals surface area contributed by atoms with Crippen LogP contribution in [0.25, 0.3) is 0 Å². The summed E-state index contributed by atoms with van der Waals surface area (Å²) in [6, 6.07) is 0.437. The van der Waals surface area contributed by atoms with E-state index in [-0.39, 0.29) is 5.91 Å². The van der Waals surface area contributed by atoms with Crippen molar-refractivity contribution >= 4 is 23.1 Å². The van der Waals surface area contributed by atoms with Crippen molar-refractivity contribution in [3.05, 3.63) is 0 Å². The van der Waals surface area contributed by atoms with E-state index in [1.807, 2.05) is 4.90 Å². The number of ether oxygens (including phenoxy) is 1. The van der Waals surface area contributed by atoms with Gasteiger partial charge in [0.15, 0.2) is 0 Å². The van der Waals surface area contributed by atoms with Crippen LogP contribution < -0.4 is 5.73 Å². The zero-order chi connectivity index (χ0) is 14.0. The smallest absolute Gasteiger partial charge is 0.235 e. The van der Waals surface area contributed by atoms with Crippen molar-refractivity contribution in [2.45, 2.75) is 25.3 Å². The molecular formula is C13H23N3O2S. The molecule has 2 heterocycles. The number of nitrogens with zero attached hydrogens (tertiary/aromatic N) is 2. The zero-order valence-electron chi connectivity index (χ0n) is 11.7. The molecular weight excluding hydrogens is 262 g/mol. The highest BCUT2D eigenvalue weighted by atomic mass is 32.1. The fourth-order valence-electron chi connectivity index (χ4n) is 2.94. The molecule has 2 saturated heterocycles. The van der Waals surface area contributed by atoms with Crippen molar-refractivity contribution in [1.82, 2.24) is 9.80 Å². The Bertz CT molecular complexity index is 367. The first-order valence-corrected chi connectivity index (χ1v) is 7.21. The predicted octanol–water partition coefficient (Wildman–Crippen LogP) is 0.232. The van der Waals surface area contributed by atoms with E-state index >= 15 is 0 Å². The van der Waals surface area contributed by atoms with E-state index in [1.165, 1.54) is 0 Å². The van der Waals surface area contributed by atoms with Crippen molar-refractivity contribution in [3.63, 3.8) is 0 Å². The lowest BCUT2D eigenvalue weighted by Crippen LogP contribution is -2.53. The largest absolute Gasteiger partial charge is 0.392 e. The number of amides is 1. The van der Waals surface area contributed by atoms with Gasteiger partial charge in [0.05, 0.1) is 4.99 Å². The van der Waals surface area contributed by atoms with Gasteiger partial charge >= 0.3 is 0 Å². The summed E-state index contributed by atoms with van der Waals surface area (Å²) in [6.07, 6.45) is 2.25. The van der Waals surface area contributed by atoms with Crippen LogP contribution in [0.5, 0.6) is 0 Å². The highest BCUT2D eigenvalue weighted by Gasteiger charge is 2.46. The second kappa shape index (κ2) is 5.73. The van der Waals surface area contributed by atoms with Gasteiger partial charge in [-0.3, -0.25) is 4.79 Å². The average molecular weight is 285 g/mol. The summed E-state index contributed by atoms with van der Waals surface area (Å²) in [5.74, 6) is 0.104. The summed E-state index contributed by atoms with van der Waals surface area (Å²) in [6.45, 7) is 2.70. The molecule has 6 heteroatoms. The molecule has 0 aliphatic carbocycles. The van der Waals surface area contributed by atoms with Gasteiger partial charge in [0.1, 0.15) is 5.41 Å². The lowest BCUT2D eigenvalue weighted by Gasteiger charge is -2.37. The first kappa shape index (κ1) is 14.7. The molecule has 2 N–H and O–H groups in total. The molecule has 0 aromatic heterocycles. The molecule has 2 fully saturated rings. The Balaban J connectivity index is 2.11. The van der Waals surface area contributed by atoms with Crippen LogP contribution in [0.1, 0.15) is 19.3 Å². The minimum absolute atomic E-state index is 0.104. The first-order valence-electron chi connectivity index (χ1n) is 6.81. The predicted molar refractivity (Wildman–Crippen MR) is 77.9 cm³/mol. The SMILES string of the molecule is CN(C)C1CCN(C(=O)C2(C(N)=S)CCOCC2)C1. The minimum Gasteiger partial charge on any atom is -0.392 e. The van der Waals surface area contributed by atoms with Gasteiger partial charge in [-0.25, -0.2) is 0 Å². The topological polar surface area (TPSA) is 58.8 Å². The first-order chi connectivity index (χ1) is 8.97. The van der Waals surface area contributed by atoms with Gasteiger partial charge in [0, 0.05) is 32.3 Å². The second-order valence-electron chi connectivity index (χ2n) is 5.72. The monoisotopic (exact) mass is 285 g/mol. The number of thiocarbonyl (C=S) groups is 1. The number of hydrogen-bond donors (Lipinski definition) is 1. The molecule has 2 aliphatic rings. The molecule has 2 aliphatic heterocycles. The second-order valence-corrected chi connectivity index (χ2v) is 6.16. The molecule has 1 amide bonds. The van der Waals surface area contributed by atoms with Gasteiger partial charge in [-0.05, 0) is 33.4 Å². The van der Waals surface area contributed by atoms with Crippen molar-refractivity contribution in [3.8, 4) is 0 Å². The van der Waals surface area contributed by atoms with Crippen LogP contribution in [0.3, 0.4) is 0 Å². The molecule has 5 nitrogen and oxygen atoms in total. The quantitative estimate of drug-likeness (QED) is 0.752. The third kappa shape index (κ3) is 2.75. The van der Waals surface area contributed by atoms with Gasteiger partial charge < -0.3 is 20.3 Å². The Kier molecular flexibility index (Phi) is 4.43. The summed E-state index contributed by atoms with van der Waals surface area (Å²) in [4.78, 5) is 17.2. The fourth-order valence-corrected chi connectivity index (χ4v) is 3.23. The van der Waals surface area contributed by atoms with E-state index in [0.717, 1.165) is 19.5 Å². The van der Waals surface area contributed by atoms with Crippen molar-refractivity contribution in [2.75, 3.05) is 40.4 Å². The van der Waals surface area contributed by atoms with Gasteiger partial charge in [-0.2, -0.15) is 0 Å². The molecule has 1 unspecified atom stereocenters. The molecule has 0 saturated carbocycles. The van der Waals surface area contributed by atoms with E-state index < -0.39 is 5.41 Å². The van der Waals surface area contributed by atoms with Gasteiger partial charge in [0.25, 0.3) is 0 Å². The highest BCUT2D eigenvalue weighted by Crippen LogP contribution is 2.34. The maximum absolute atomic E-state index is 12.8. The lowest BCUT2D eigenvalue weighted by molar-refractivity contribution is -0.141. The van der Waals surface area contributed by atoms with Crippen molar-refractivity contribution < 1.29 is 9.53 Å². The van der Waals surface area contributed by atoms with E-state index in [1.54, 1.807) is 0 Å². The molecule has 0 aromatic carbocycles. The Morgan fingerprint density at radius 2 is 2.05 bits per heavy atom. The van der Waals surface area contributed by atoms with E-state index in [4.69, 9.17) is 22.7 Å². The summed E-state index contributed by atoms with van der Waals surface area (Å²) >= 11 is 5.18. The number of likely N-dealkylation sites (tertiary alicyclic amines) is 1. The van der Waals surface area contributed by atoms with Gasteiger partial charge in [-0.15, -0.1) is 0 Å². The molecule has 0 bridgehead atoms. The summed E-state index contributed by atoms with van der Waals surface area (Å²) in [5.41, 5.74) is 5.21. The van der Waals surface area contributed by atoms with Crippen LogP contribution in [0.4, 0.5) is 0 Å². The molecule has 0 aromatic rings. The van der Waals surface area contributed by atoms with Crippen LogP contribution in [0.2, 0.25) is 0 Å². The third-order valence-electron chi connectivity index (χ3n) is 4.41. The molecule has 0 radical (unpaired) electrons. The normalized spacial score (nSPS) is 26.7. The number of likely N-dealkylation sites (N-methyl/N-ethyl adjacent to an activating group) is 1. The van der Waals surface area contributed by atoms with E-state index in [0.29, 0.717) is 37.1 Å². The lowest BCUT2D eigenvalue weighted by atomic mass is 9.78. The Hall–Kier alpha value is -0.720. The molecule has 108 valence electrons. The van der Waals surface area contributed by atoms with E-state index in [9.17, 15) is 4.79 Å². The molecule has 0 spiro atoms. The van der Waals surface area contributed by atoms with Crippen molar-refractivity contribution in [1.29, 1.82) is 0 Å². The van der Waals surface area contributed by atoms with Crippen LogP contribution in [-0.4, -0.2) is 67.1 Å².